The van der Waals surface area contributed by atoms with Crippen LogP contribution in [0, 0.1) is 0 Å². The second-order valence-electron chi connectivity index (χ2n) is 2.00. The molecule has 0 saturated carbocycles. The molecule has 0 amide bonds. The molecule has 0 fully saturated rings. The second kappa shape index (κ2) is 4.40. The van der Waals surface area contributed by atoms with Crippen molar-refractivity contribution in [3.63, 3.8) is 0 Å². The van der Waals surface area contributed by atoms with Crippen molar-refractivity contribution in [2.24, 2.45) is 5.14 Å². The third-order valence-electron chi connectivity index (χ3n) is 1.14. The molecule has 2 N–H and O–H groups in total. The fourth-order valence-corrected chi connectivity index (χ4v) is 1.27. The van der Waals surface area contributed by atoms with E-state index in [1.807, 2.05) is 0 Å². The van der Waals surface area contributed by atoms with Gasteiger partial charge in [-0.1, -0.05) is 11.6 Å². The Hall–Kier alpha value is 0.150. The predicted octanol–water partition coefficient (Wildman–Crippen LogP) is 1.61. The van der Waals surface area contributed by atoms with Crippen molar-refractivity contribution in [1.29, 1.82) is 0 Å². The highest BCUT2D eigenvalue weighted by atomic mass is 127. The summed E-state index contributed by atoms with van der Waals surface area (Å²) in [6, 6.07) is 5.66. The summed E-state index contributed by atoms with van der Waals surface area (Å²) in [5, 5.41) is 5.32. The average molecular weight is 320 g/mol. The van der Waals surface area contributed by atoms with E-state index in [0.717, 1.165) is 0 Å². The predicted molar refractivity (Wildman–Crippen MR) is 58.2 cm³/mol. The van der Waals surface area contributed by atoms with Gasteiger partial charge in [-0.25, -0.2) is 13.6 Å². The lowest BCUT2D eigenvalue weighted by molar-refractivity contribution is 0.598. The van der Waals surface area contributed by atoms with Gasteiger partial charge in [0.05, 0.1) is 4.90 Å². The summed E-state index contributed by atoms with van der Waals surface area (Å²) in [5.74, 6) is 0. The normalized spacial score (nSPS) is 10.5. The summed E-state index contributed by atoms with van der Waals surface area (Å²) in [6.45, 7) is 0. The van der Waals surface area contributed by atoms with Crippen molar-refractivity contribution in [2.45, 2.75) is 4.90 Å². The van der Waals surface area contributed by atoms with E-state index in [-0.39, 0.29) is 28.9 Å². The van der Waals surface area contributed by atoms with Crippen LogP contribution in [0.2, 0.25) is 5.02 Å². The Bertz CT molecular complexity index is 348. The molecular formula is C6H7ClINO2S. The van der Waals surface area contributed by atoms with Gasteiger partial charge in [-0.15, -0.1) is 24.0 Å². The monoisotopic (exact) mass is 319 g/mol. The minimum atomic E-state index is -3.58. The van der Waals surface area contributed by atoms with Crippen LogP contribution >= 0.6 is 35.6 Å². The molecule has 0 aliphatic carbocycles. The maximum absolute atomic E-state index is 10.7. The van der Waals surface area contributed by atoms with Gasteiger partial charge in [0.15, 0.2) is 0 Å². The molecule has 1 aromatic rings. The van der Waals surface area contributed by atoms with Crippen LogP contribution < -0.4 is 5.14 Å². The van der Waals surface area contributed by atoms with Crippen molar-refractivity contribution in [1.82, 2.24) is 0 Å². The van der Waals surface area contributed by atoms with E-state index in [4.69, 9.17) is 16.7 Å². The molecule has 12 heavy (non-hydrogen) atoms. The lowest BCUT2D eigenvalue weighted by Crippen LogP contribution is -2.11. The van der Waals surface area contributed by atoms with E-state index in [1.54, 1.807) is 0 Å². The lowest BCUT2D eigenvalue weighted by atomic mass is 10.4. The maximum atomic E-state index is 10.7. The zero-order chi connectivity index (χ0) is 8.48. The largest absolute Gasteiger partial charge is 0.238 e. The smallest absolute Gasteiger partial charge is 0.225 e. The standard InChI is InChI=1S/C6H6ClNO2S.HI/c7-5-1-3-6(4-2-5)11(8,9)10;/h1-4H,(H2,8,9,10);1H. The molecular weight excluding hydrogens is 312 g/mol. The Morgan fingerprint density at radius 1 is 1.17 bits per heavy atom. The van der Waals surface area contributed by atoms with Crippen LogP contribution in [-0.2, 0) is 10.0 Å². The number of benzene rings is 1. The zero-order valence-electron chi connectivity index (χ0n) is 5.90. The third kappa shape index (κ3) is 3.26. The van der Waals surface area contributed by atoms with Crippen molar-refractivity contribution in [3.8, 4) is 0 Å². The molecule has 0 aliphatic heterocycles. The molecule has 0 unspecified atom stereocenters. The Kier molecular flexibility index (Phi) is 4.46. The SMILES string of the molecule is I.NS(=O)(=O)c1ccc(Cl)cc1. The molecule has 0 saturated heterocycles. The minimum absolute atomic E-state index is 0. The molecule has 68 valence electrons. The van der Waals surface area contributed by atoms with Crippen LogP contribution in [0.15, 0.2) is 29.2 Å². The minimum Gasteiger partial charge on any atom is -0.225 e. The van der Waals surface area contributed by atoms with Crippen LogP contribution in [-0.4, -0.2) is 8.42 Å². The Balaban J connectivity index is 0.00000121. The molecule has 0 aliphatic rings. The highest BCUT2D eigenvalue weighted by Crippen LogP contribution is 2.11. The van der Waals surface area contributed by atoms with Gasteiger partial charge < -0.3 is 0 Å². The molecule has 0 atom stereocenters. The van der Waals surface area contributed by atoms with Gasteiger partial charge in [0.25, 0.3) is 0 Å². The van der Waals surface area contributed by atoms with E-state index in [1.165, 1.54) is 24.3 Å². The maximum Gasteiger partial charge on any atom is 0.238 e. The summed E-state index contributed by atoms with van der Waals surface area (Å²) in [6.07, 6.45) is 0. The highest BCUT2D eigenvalue weighted by molar-refractivity contribution is 14.0. The molecule has 0 heterocycles. The van der Waals surface area contributed by atoms with Crippen molar-refractivity contribution >= 4 is 45.6 Å². The van der Waals surface area contributed by atoms with Gasteiger partial charge in [0.1, 0.15) is 0 Å². The Labute approximate surface area is 93.0 Å². The van der Waals surface area contributed by atoms with E-state index >= 15 is 0 Å². The lowest BCUT2D eigenvalue weighted by Gasteiger charge is -1.95. The number of hydrogen-bond acceptors (Lipinski definition) is 2. The van der Waals surface area contributed by atoms with Gasteiger partial charge >= 0.3 is 0 Å². The van der Waals surface area contributed by atoms with Crippen LogP contribution in [0.1, 0.15) is 0 Å². The molecule has 0 aromatic heterocycles. The first kappa shape index (κ1) is 12.2. The quantitative estimate of drug-likeness (QED) is 0.799. The molecule has 1 aromatic carbocycles. The van der Waals surface area contributed by atoms with Crippen LogP contribution in [0.5, 0.6) is 0 Å². The van der Waals surface area contributed by atoms with E-state index < -0.39 is 10.0 Å². The van der Waals surface area contributed by atoms with Crippen molar-refractivity contribution < 1.29 is 8.42 Å². The van der Waals surface area contributed by atoms with Crippen LogP contribution in [0.4, 0.5) is 0 Å². The fourth-order valence-electron chi connectivity index (χ4n) is 0.624. The average Bonchev–Trinajstić information content (AvgIpc) is 1.86. The summed E-state index contributed by atoms with van der Waals surface area (Å²) < 4.78 is 21.4. The summed E-state index contributed by atoms with van der Waals surface area (Å²) in [5.41, 5.74) is 0. The summed E-state index contributed by atoms with van der Waals surface area (Å²) in [4.78, 5) is 0.0712. The first-order valence-electron chi connectivity index (χ1n) is 2.78. The van der Waals surface area contributed by atoms with Crippen LogP contribution in [0.3, 0.4) is 0 Å². The number of rotatable bonds is 1. The van der Waals surface area contributed by atoms with Crippen LogP contribution in [0.25, 0.3) is 0 Å². The van der Waals surface area contributed by atoms with E-state index in [9.17, 15) is 8.42 Å². The third-order valence-corrected chi connectivity index (χ3v) is 2.32. The summed E-state index contributed by atoms with van der Waals surface area (Å²) >= 11 is 5.53. The van der Waals surface area contributed by atoms with E-state index in [0.29, 0.717) is 5.02 Å². The van der Waals surface area contributed by atoms with E-state index in [2.05, 4.69) is 0 Å². The first-order chi connectivity index (χ1) is 5.00. The van der Waals surface area contributed by atoms with Crippen molar-refractivity contribution in [3.05, 3.63) is 29.3 Å². The summed E-state index contributed by atoms with van der Waals surface area (Å²) in [7, 11) is -3.58. The highest BCUT2D eigenvalue weighted by Gasteiger charge is 2.05. The Morgan fingerprint density at radius 3 is 1.92 bits per heavy atom. The fraction of sp³-hybridized carbons (Fsp3) is 0. The first-order valence-corrected chi connectivity index (χ1v) is 4.71. The van der Waals surface area contributed by atoms with Crippen molar-refractivity contribution in [2.75, 3.05) is 0 Å². The molecule has 0 bridgehead atoms. The number of primary sulfonamides is 1. The van der Waals surface area contributed by atoms with Gasteiger partial charge in [0, 0.05) is 5.02 Å². The number of sulfonamides is 1. The number of hydrogen-bond donors (Lipinski definition) is 1. The van der Waals surface area contributed by atoms with Gasteiger partial charge in [-0.3, -0.25) is 0 Å². The van der Waals surface area contributed by atoms with Gasteiger partial charge in [-0.2, -0.15) is 0 Å². The van der Waals surface area contributed by atoms with Gasteiger partial charge in [0.2, 0.25) is 10.0 Å². The molecule has 0 radical (unpaired) electrons. The molecule has 0 spiro atoms. The number of halogens is 2. The molecule has 1 rings (SSSR count). The number of nitrogens with two attached hydrogens (primary N) is 1. The zero-order valence-corrected chi connectivity index (χ0v) is 9.80. The Morgan fingerprint density at radius 2 is 1.58 bits per heavy atom. The topological polar surface area (TPSA) is 60.2 Å². The van der Waals surface area contributed by atoms with Gasteiger partial charge in [-0.05, 0) is 24.3 Å². The molecule has 3 nitrogen and oxygen atoms in total. The second-order valence-corrected chi connectivity index (χ2v) is 4.00. The molecule has 6 heteroatoms.